The largest absolute Gasteiger partial charge is 0.453 e. The summed E-state index contributed by atoms with van der Waals surface area (Å²) in [7, 11) is 0. The summed E-state index contributed by atoms with van der Waals surface area (Å²) in [5.74, 6) is -0.805. The van der Waals surface area contributed by atoms with Crippen LogP contribution in [0.5, 0.6) is 0 Å². The number of carbonyl (C=O) groups is 3. The number of hydrogen-bond donors (Lipinski definition) is 1. The molecule has 1 rings (SSSR count). The monoisotopic (exact) mass is 299 g/mol. The third kappa shape index (κ3) is 5.73. The van der Waals surface area contributed by atoms with Gasteiger partial charge in [0.15, 0.2) is 11.9 Å². The van der Waals surface area contributed by atoms with Gasteiger partial charge in [-0.3, -0.25) is 4.79 Å². The van der Waals surface area contributed by atoms with Crippen LogP contribution in [-0.2, 0) is 19.1 Å². The van der Waals surface area contributed by atoms with E-state index in [1.165, 1.54) is 0 Å². The Hall–Kier alpha value is -1.59. The van der Waals surface area contributed by atoms with Crippen LogP contribution in [0.15, 0.2) is 0 Å². The second-order valence-electron chi connectivity index (χ2n) is 6.65. The molecule has 120 valence electrons. The van der Waals surface area contributed by atoms with Crippen molar-refractivity contribution < 1.29 is 23.9 Å². The molecule has 21 heavy (non-hydrogen) atoms. The van der Waals surface area contributed by atoms with Crippen molar-refractivity contribution in [2.75, 3.05) is 0 Å². The van der Waals surface area contributed by atoms with E-state index in [0.29, 0.717) is 12.8 Å². The summed E-state index contributed by atoms with van der Waals surface area (Å²) < 4.78 is 10.4. The van der Waals surface area contributed by atoms with Crippen LogP contribution in [0.4, 0.5) is 4.79 Å². The number of Topliss-reactive ketones (excluding diaryl/α,β-unsaturated/α-hetero) is 1. The quantitative estimate of drug-likeness (QED) is 0.805. The first-order chi connectivity index (χ1) is 9.60. The van der Waals surface area contributed by atoms with Gasteiger partial charge in [0.1, 0.15) is 11.6 Å². The summed E-state index contributed by atoms with van der Waals surface area (Å²) >= 11 is 0. The molecule has 1 fully saturated rings. The third-order valence-electron chi connectivity index (χ3n) is 3.10. The molecule has 1 N–H and O–H groups in total. The summed E-state index contributed by atoms with van der Waals surface area (Å²) in [5, 5.41) is 2.51. The minimum absolute atomic E-state index is 0.0527. The topological polar surface area (TPSA) is 81.7 Å². The zero-order chi connectivity index (χ0) is 16.2. The highest BCUT2D eigenvalue weighted by Gasteiger charge is 2.33. The van der Waals surface area contributed by atoms with Gasteiger partial charge in [-0.1, -0.05) is 13.8 Å². The standard InChI is InChI=1S/C15H25NO5/c1-9(2)12(16-14(19)21-15(3,4)5)13(18)20-11-8-6-7-10(11)17/h9,11-12H,6-8H2,1-5H3,(H,16,19)/t11-,12+/m1/s1. The normalized spacial score (nSPS) is 20.3. The molecular formula is C15H25NO5. The molecule has 0 heterocycles. The van der Waals surface area contributed by atoms with Gasteiger partial charge in [0.2, 0.25) is 0 Å². The van der Waals surface area contributed by atoms with Gasteiger partial charge in [0.25, 0.3) is 0 Å². The van der Waals surface area contributed by atoms with Crippen molar-refractivity contribution in [1.82, 2.24) is 5.32 Å². The number of hydrogen-bond acceptors (Lipinski definition) is 5. The fourth-order valence-corrected chi connectivity index (χ4v) is 2.05. The number of ether oxygens (including phenoxy) is 2. The number of esters is 1. The zero-order valence-electron chi connectivity index (χ0n) is 13.4. The molecule has 1 aliphatic carbocycles. The number of amides is 1. The second kappa shape index (κ2) is 6.91. The Balaban J connectivity index is 2.62. The van der Waals surface area contributed by atoms with Gasteiger partial charge in [0.05, 0.1) is 0 Å². The van der Waals surface area contributed by atoms with E-state index < -0.39 is 29.8 Å². The lowest BCUT2D eigenvalue weighted by atomic mass is 10.0. The fourth-order valence-electron chi connectivity index (χ4n) is 2.05. The lowest BCUT2D eigenvalue weighted by Crippen LogP contribution is -2.48. The molecule has 2 atom stereocenters. The Bertz CT molecular complexity index is 411. The predicted molar refractivity (Wildman–Crippen MR) is 76.7 cm³/mol. The zero-order valence-corrected chi connectivity index (χ0v) is 13.4. The van der Waals surface area contributed by atoms with E-state index in [1.54, 1.807) is 34.6 Å². The maximum Gasteiger partial charge on any atom is 0.408 e. The number of rotatable bonds is 4. The minimum Gasteiger partial charge on any atom is -0.453 e. The summed E-state index contributed by atoms with van der Waals surface area (Å²) in [4.78, 5) is 35.4. The van der Waals surface area contributed by atoms with Gasteiger partial charge in [-0.25, -0.2) is 9.59 Å². The molecule has 0 spiro atoms. The Labute approximate surface area is 125 Å². The number of alkyl carbamates (subject to hydrolysis) is 1. The van der Waals surface area contributed by atoms with Crippen LogP contribution in [0.2, 0.25) is 0 Å². The fraction of sp³-hybridized carbons (Fsp3) is 0.800. The summed E-state index contributed by atoms with van der Waals surface area (Å²) in [6.07, 6.45) is 0.406. The van der Waals surface area contributed by atoms with E-state index in [-0.39, 0.29) is 11.7 Å². The number of ketones is 1. The van der Waals surface area contributed by atoms with Crippen molar-refractivity contribution in [2.45, 2.75) is 71.6 Å². The molecule has 6 nitrogen and oxygen atoms in total. The highest BCUT2D eigenvalue weighted by Crippen LogP contribution is 2.19. The van der Waals surface area contributed by atoms with Crippen molar-refractivity contribution in [1.29, 1.82) is 0 Å². The van der Waals surface area contributed by atoms with Crippen molar-refractivity contribution in [3.8, 4) is 0 Å². The van der Waals surface area contributed by atoms with Gasteiger partial charge in [0, 0.05) is 6.42 Å². The molecule has 0 bridgehead atoms. The summed E-state index contributed by atoms with van der Waals surface area (Å²) in [5.41, 5.74) is -0.642. The third-order valence-corrected chi connectivity index (χ3v) is 3.10. The van der Waals surface area contributed by atoms with Crippen LogP contribution in [0.3, 0.4) is 0 Å². The lowest BCUT2D eigenvalue weighted by molar-refractivity contribution is -0.156. The van der Waals surface area contributed by atoms with Crippen molar-refractivity contribution in [2.24, 2.45) is 5.92 Å². The average Bonchev–Trinajstić information content (AvgIpc) is 2.69. The van der Waals surface area contributed by atoms with Crippen LogP contribution in [0.25, 0.3) is 0 Å². The van der Waals surface area contributed by atoms with Crippen molar-refractivity contribution >= 4 is 17.8 Å². The van der Waals surface area contributed by atoms with Crippen molar-refractivity contribution in [3.63, 3.8) is 0 Å². The van der Waals surface area contributed by atoms with Crippen LogP contribution >= 0.6 is 0 Å². The SMILES string of the molecule is CC(C)[C@H](NC(=O)OC(C)(C)C)C(=O)O[C@@H]1CCCC1=O. The first kappa shape index (κ1) is 17.5. The molecule has 0 radical (unpaired) electrons. The molecule has 1 amide bonds. The minimum atomic E-state index is -0.826. The maximum atomic E-state index is 12.1. The lowest BCUT2D eigenvalue weighted by Gasteiger charge is -2.25. The van der Waals surface area contributed by atoms with E-state index in [9.17, 15) is 14.4 Å². The molecule has 0 aromatic carbocycles. The van der Waals surface area contributed by atoms with E-state index in [2.05, 4.69) is 5.32 Å². The highest BCUT2D eigenvalue weighted by molar-refractivity contribution is 5.89. The molecule has 0 unspecified atom stereocenters. The van der Waals surface area contributed by atoms with Gasteiger partial charge in [-0.15, -0.1) is 0 Å². The maximum absolute atomic E-state index is 12.1. The van der Waals surface area contributed by atoms with Crippen LogP contribution in [0.1, 0.15) is 53.9 Å². The molecule has 1 aliphatic rings. The first-order valence-corrected chi connectivity index (χ1v) is 7.33. The van der Waals surface area contributed by atoms with Crippen LogP contribution < -0.4 is 5.32 Å². The van der Waals surface area contributed by atoms with Crippen LogP contribution in [0, 0.1) is 5.92 Å². The summed E-state index contributed by atoms with van der Waals surface area (Å²) in [6.45, 7) is 8.81. The highest BCUT2D eigenvalue weighted by atomic mass is 16.6. The van der Waals surface area contributed by atoms with E-state index in [4.69, 9.17) is 9.47 Å². The number of nitrogens with one attached hydrogen (secondary N) is 1. The van der Waals surface area contributed by atoms with Crippen LogP contribution in [-0.4, -0.2) is 35.6 Å². The van der Waals surface area contributed by atoms with Gasteiger partial charge < -0.3 is 14.8 Å². The smallest absolute Gasteiger partial charge is 0.408 e. The Morgan fingerprint density at radius 3 is 2.33 bits per heavy atom. The van der Waals surface area contributed by atoms with Gasteiger partial charge >= 0.3 is 12.1 Å². The molecule has 6 heteroatoms. The molecular weight excluding hydrogens is 274 g/mol. The number of carbonyl (C=O) groups excluding carboxylic acids is 3. The molecule has 0 aliphatic heterocycles. The van der Waals surface area contributed by atoms with Crippen molar-refractivity contribution in [3.05, 3.63) is 0 Å². The van der Waals surface area contributed by atoms with Gasteiger partial charge in [-0.05, 0) is 39.5 Å². The van der Waals surface area contributed by atoms with Gasteiger partial charge in [-0.2, -0.15) is 0 Å². The Morgan fingerprint density at radius 1 is 1.29 bits per heavy atom. The first-order valence-electron chi connectivity index (χ1n) is 7.33. The molecule has 0 saturated heterocycles. The molecule has 0 aromatic rings. The Kier molecular flexibility index (Phi) is 5.75. The average molecular weight is 299 g/mol. The van der Waals surface area contributed by atoms with E-state index in [1.807, 2.05) is 0 Å². The summed E-state index contributed by atoms with van der Waals surface area (Å²) in [6, 6.07) is -0.826. The Morgan fingerprint density at radius 2 is 1.90 bits per heavy atom. The second-order valence-corrected chi connectivity index (χ2v) is 6.65. The van der Waals surface area contributed by atoms with E-state index >= 15 is 0 Å². The van der Waals surface area contributed by atoms with E-state index in [0.717, 1.165) is 6.42 Å². The molecule has 0 aromatic heterocycles. The molecule has 1 saturated carbocycles. The predicted octanol–water partition coefficient (Wildman–Crippen LogP) is 2.20.